The standard InChI is InChI=1S/C9H10.C7H13N.CH5N.BrH/c1-2-6-9-7-4-3-5-8-9;1-4-8-5-2-7(1)3-6-8;1-2;/h2-5,7-8H,1,6H2;7H,1-6H2;2H2,1H3;1H. The fraction of sp³-hybridized carbons (Fsp3) is 0.529. The number of hydrogen-bond donors (Lipinski definition) is 1. The number of nitrogens with two attached hydrogens (primary N) is 1. The second-order valence-corrected chi connectivity index (χ2v) is 5.05. The van der Waals surface area contributed by atoms with Crippen LogP contribution in [0, 0.1) is 5.92 Å². The van der Waals surface area contributed by atoms with Crippen LogP contribution in [0.15, 0.2) is 43.0 Å². The minimum atomic E-state index is 0. The first kappa shape index (κ1) is 19.4. The van der Waals surface area contributed by atoms with Crippen LogP contribution in [0.25, 0.3) is 0 Å². The van der Waals surface area contributed by atoms with E-state index >= 15 is 0 Å². The average Bonchev–Trinajstić information content (AvgIpc) is 2.53. The summed E-state index contributed by atoms with van der Waals surface area (Å²) in [5.74, 6) is 1.11. The molecule has 20 heavy (non-hydrogen) atoms. The van der Waals surface area contributed by atoms with Crippen molar-refractivity contribution in [2.75, 3.05) is 26.7 Å². The molecule has 3 heteroatoms. The predicted molar refractivity (Wildman–Crippen MR) is 94.6 cm³/mol. The van der Waals surface area contributed by atoms with E-state index in [9.17, 15) is 0 Å². The highest BCUT2D eigenvalue weighted by atomic mass is 79.9. The maximum absolute atomic E-state index is 4.50. The lowest BCUT2D eigenvalue weighted by Crippen LogP contribution is -2.41. The summed E-state index contributed by atoms with van der Waals surface area (Å²) in [6.07, 6.45) is 7.34. The molecule has 0 saturated carbocycles. The second kappa shape index (κ2) is 12.1. The van der Waals surface area contributed by atoms with E-state index in [2.05, 4.69) is 29.3 Å². The van der Waals surface area contributed by atoms with Gasteiger partial charge in [0.15, 0.2) is 0 Å². The molecule has 0 spiro atoms. The average molecular weight is 341 g/mol. The smallest absolute Gasteiger partial charge is 0.00161 e. The van der Waals surface area contributed by atoms with Gasteiger partial charge in [-0.05, 0) is 63.8 Å². The van der Waals surface area contributed by atoms with Crippen molar-refractivity contribution in [3.63, 3.8) is 0 Å². The zero-order valence-corrected chi connectivity index (χ0v) is 14.3. The van der Waals surface area contributed by atoms with Gasteiger partial charge in [-0.3, -0.25) is 0 Å². The number of halogens is 1. The molecular formula is C17H29BrN2. The quantitative estimate of drug-likeness (QED) is 0.832. The van der Waals surface area contributed by atoms with E-state index in [1.54, 1.807) is 0 Å². The van der Waals surface area contributed by atoms with E-state index in [-0.39, 0.29) is 17.0 Å². The molecule has 0 amide bonds. The molecule has 3 aliphatic heterocycles. The highest BCUT2D eigenvalue weighted by Gasteiger charge is 2.24. The molecule has 1 aromatic carbocycles. The van der Waals surface area contributed by atoms with Crippen molar-refractivity contribution < 1.29 is 0 Å². The predicted octanol–water partition coefficient (Wildman–Crippen LogP) is 3.67. The van der Waals surface area contributed by atoms with Gasteiger partial charge in [0.1, 0.15) is 0 Å². The molecule has 3 heterocycles. The third kappa shape index (κ3) is 7.22. The number of piperidine rings is 3. The molecule has 0 unspecified atom stereocenters. The number of fused-ring (bicyclic) bond motifs is 3. The molecule has 0 aliphatic carbocycles. The number of benzene rings is 1. The SMILES string of the molecule is Br.C1CN2CCC1CC2.C=CCc1ccccc1.CN. The van der Waals surface area contributed by atoms with Crippen LogP contribution in [-0.2, 0) is 6.42 Å². The number of allylic oxidation sites excluding steroid dienone is 1. The molecule has 114 valence electrons. The van der Waals surface area contributed by atoms with Crippen molar-refractivity contribution in [1.29, 1.82) is 0 Å². The lowest BCUT2D eigenvalue weighted by Gasteiger charge is -2.38. The van der Waals surface area contributed by atoms with Crippen LogP contribution < -0.4 is 5.73 Å². The van der Waals surface area contributed by atoms with Crippen LogP contribution in [0.1, 0.15) is 24.8 Å². The van der Waals surface area contributed by atoms with Gasteiger partial charge in [0.2, 0.25) is 0 Å². The van der Waals surface area contributed by atoms with Crippen molar-refractivity contribution in [3.05, 3.63) is 48.6 Å². The topological polar surface area (TPSA) is 29.3 Å². The maximum Gasteiger partial charge on any atom is -0.00161 e. The summed E-state index contributed by atoms with van der Waals surface area (Å²) in [5.41, 5.74) is 5.83. The third-order valence-electron chi connectivity index (χ3n) is 3.78. The molecule has 3 saturated heterocycles. The molecule has 3 aliphatic rings. The Balaban J connectivity index is 0.000000309. The van der Waals surface area contributed by atoms with Crippen molar-refractivity contribution in [3.8, 4) is 0 Å². The summed E-state index contributed by atoms with van der Waals surface area (Å²) in [6, 6.07) is 10.3. The summed E-state index contributed by atoms with van der Waals surface area (Å²) in [7, 11) is 1.50. The van der Waals surface area contributed by atoms with E-state index in [4.69, 9.17) is 0 Å². The van der Waals surface area contributed by atoms with Crippen molar-refractivity contribution in [2.45, 2.75) is 25.7 Å². The Morgan fingerprint density at radius 1 is 1.10 bits per heavy atom. The van der Waals surface area contributed by atoms with Gasteiger partial charge in [-0.15, -0.1) is 23.6 Å². The van der Waals surface area contributed by atoms with Gasteiger partial charge in [-0.25, -0.2) is 0 Å². The zero-order valence-electron chi connectivity index (χ0n) is 12.6. The second-order valence-electron chi connectivity index (χ2n) is 5.05. The van der Waals surface area contributed by atoms with Gasteiger partial charge in [0.05, 0.1) is 0 Å². The molecule has 2 bridgehead atoms. The summed E-state index contributed by atoms with van der Waals surface area (Å²) >= 11 is 0. The summed E-state index contributed by atoms with van der Waals surface area (Å²) in [6.45, 7) is 7.84. The molecule has 2 nitrogen and oxygen atoms in total. The Hall–Kier alpha value is -0.640. The van der Waals surface area contributed by atoms with Crippen LogP contribution >= 0.6 is 17.0 Å². The lowest BCUT2D eigenvalue weighted by molar-refractivity contribution is 0.111. The van der Waals surface area contributed by atoms with Gasteiger partial charge in [-0.2, -0.15) is 0 Å². The largest absolute Gasteiger partial charge is 0.333 e. The fourth-order valence-corrected chi connectivity index (χ4v) is 2.64. The first-order valence-electron chi connectivity index (χ1n) is 7.33. The molecular weight excluding hydrogens is 312 g/mol. The minimum Gasteiger partial charge on any atom is -0.333 e. The Morgan fingerprint density at radius 3 is 1.90 bits per heavy atom. The van der Waals surface area contributed by atoms with Crippen molar-refractivity contribution in [1.82, 2.24) is 4.90 Å². The van der Waals surface area contributed by atoms with Gasteiger partial charge in [0, 0.05) is 0 Å². The summed E-state index contributed by atoms with van der Waals surface area (Å²) in [5, 5.41) is 0. The van der Waals surface area contributed by atoms with Crippen LogP contribution in [0.4, 0.5) is 0 Å². The lowest BCUT2D eigenvalue weighted by atomic mass is 9.89. The fourth-order valence-electron chi connectivity index (χ4n) is 2.64. The van der Waals surface area contributed by atoms with Gasteiger partial charge >= 0.3 is 0 Å². The molecule has 0 radical (unpaired) electrons. The third-order valence-corrected chi connectivity index (χ3v) is 3.78. The van der Waals surface area contributed by atoms with E-state index in [1.807, 2.05) is 24.3 Å². The van der Waals surface area contributed by atoms with Crippen LogP contribution in [0.5, 0.6) is 0 Å². The first-order chi connectivity index (χ1) is 9.38. The van der Waals surface area contributed by atoms with Crippen LogP contribution in [-0.4, -0.2) is 31.6 Å². The minimum absolute atomic E-state index is 0. The van der Waals surface area contributed by atoms with E-state index in [1.165, 1.54) is 51.5 Å². The van der Waals surface area contributed by atoms with Crippen molar-refractivity contribution >= 4 is 17.0 Å². The van der Waals surface area contributed by atoms with E-state index < -0.39 is 0 Å². The highest BCUT2D eigenvalue weighted by molar-refractivity contribution is 8.93. The van der Waals surface area contributed by atoms with Gasteiger partial charge < -0.3 is 10.6 Å². The zero-order chi connectivity index (χ0) is 13.9. The normalized spacial score (nSPS) is 22.3. The Kier molecular flexibility index (Phi) is 11.7. The molecule has 1 aromatic rings. The highest BCUT2D eigenvalue weighted by Crippen LogP contribution is 2.26. The molecule has 3 fully saturated rings. The molecule has 4 rings (SSSR count). The first-order valence-corrected chi connectivity index (χ1v) is 7.33. The Labute approximate surface area is 134 Å². The van der Waals surface area contributed by atoms with Crippen LogP contribution in [0.2, 0.25) is 0 Å². The van der Waals surface area contributed by atoms with Crippen molar-refractivity contribution in [2.24, 2.45) is 11.7 Å². The Bertz CT molecular complexity index is 309. The van der Waals surface area contributed by atoms with Crippen LogP contribution in [0.3, 0.4) is 0 Å². The monoisotopic (exact) mass is 340 g/mol. The maximum atomic E-state index is 4.50. The van der Waals surface area contributed by atoms with Gasteiger partial charge in [0.25, 0.3) is 0 Å². The Morgan fingerprint density at radius 2 is 1.60 bits per heavy atom. The molecule has 0 atom stereocenters. The van der Waals surface area contributed by atoms with Gasteiger partial charge in [-0.1, -0.05) is 36.4 Å². The molecule has 0 aromatic heterocycles. The number of rotatable bonds is 2. The number of hydrogen-bond acceptors (Lipinski definition) is 2. The number of nitrogens with zero attached hydrogens (tertiary/aromatic N) is 1. The summed E-state index contributed by atoms with van der Waals surface area (Å²) in [4.78, 5) is 2.58. The van der Waals surface area contributed by atoms with E-state index in [0.29, 0.717) is 0 Å². The molecule has 2 N–H and O–H groups in total. The van der Waals surface area contributed by atoms with E-state index in [0.717, 1.165) is 12.3 Å². The summed E-state index contributed by atoms with van der Waals surface area (Å²) < 4.78 is 0.